The summed E-state index contributed by atoms with van der Waals surface area (Å²) in [5, 5.41) is 6.86. The van der Waals surface area contributed by atoms with Crippen molar-refractivity contribution in [2.24, 2.45) is 0 Å². The van der Waals surface area contributed by atoms with E-state index >= 15 is 0 Å². The van der Waals surface area contributed by atoms with Crippen LogP contribution in [0, 0.1) is 0 Å². The summed E-state index contributed by atoms with van der Waals surface area (Å²) < 4.78 is 1.64. The molecule has 0 saturated carbocycles. The highest BCUT2D eigenvalue weighted by Crippen LogP contribution is 2.12. The second-order valence-corrected chi connectivity index (χ2v) is 5.05. The van der Waals surface area contributed by atoms with E-state index < -0.39 is 0 Å². The zero-order valence-electron chi connectivity index (χ0n) is 12.5. The van der Waals surface area contributed by atoms with Gasteiger partial charge < -0.3 is 5.32 Å². The summed E-state index contributed by atoms with van der Waals surface area (Å²) >= 11 is 0. The fourth-order valence-electron chi connectivity index (χ4n) is 2.26. The van der Waals surface area contributed by atoms with E-state index in [0.717, 1.165) is 5.52 Å². The Kier molecular flexibility index (Phi) is 3.43. The molecule has 0 atom stereocenters. The van der Waals surface area contributed by atoms with E-state index in [-0.39, 0.29) is 11.6 Å². The Labute approximate surface area is 137 Å². The van der Waals surface area contributed by atoms with Gasteiger partial charge >= 0.3 is 0 Å². The number of rotatable bonds is 3. The SMILES string of the molecule is O=C(Nc1ccc(-n2cccn2)nc1)c1cnc2ccccc2n1. The maximum absolute atomic E-state index is 12.3. The van der Waals surface area contributed by atoms with E-state index in [1.165, 1.54) is 6.20 Å². The zero-order chi connectivity index (χ0) is 16.4. The fraction of sp³-hybridized carbons (Fsp3) is 0. The van der Waals surface area contributed by atoms with Crippen LogP contribution in [0.3, 0.4) is 0 Å². The second-order valence-electron chi connectivity index (χ2n) is 5.05. The Bertz CT molecular complexity index is 995. The van der Waals surface area contributed by atoms with E-state index in [9.17, 15) is 4.79 Å². The Morgan fingerprint density at radius 1 is 0.958 bits per heavy atom. The lowest BCUT2D eigenvalue weighted by atomic mass is 10.3. The first-order chi connectivity index (χ1) is 11.8. The quantitative estimate of drug-likeness (QED) is 0.627. The summed E-state index contributed by atoms with van der Waals surface area (Å²) in [5.41, 5.74) is 2.26. The van der Waals surface area contributed by atoms with Crippen molar-refractivity contribution < 1.29 is 4.79 Å². The number of aromatic nitrogens is 5. The predicted octanol–water partition coefficient (Wildman–Crippen LogP) is 2.46. The minimum Gasteiger partial charge on any atom is -0.319 e. The van der Waals surface area contributed by atoms with Crippen molar-refractivity contribution in [2.75, 3.05) is 5.32 Å². The number of carbonyl (C=O) groups is 1. The van der Waals surface area contributed by atoms with E-state index in [4.69, 9.17) is 0 Å². The summed E-state index contributed by atoms with van der Waals surface area (Å²) in [6.07, 6.45) is 6.51. The third-order valence-electron chi connectivity index (χ3n) is 3.43. The molecule has 1 aromatic carbocycles. The van der Waals surface area contributed by atoms with Crippen LogP contribution in [0.25, 0.3) is 16.9 Å². The molecule has 0 bridgehead atoms. The maximum atomic E-state index is 12.3. The van der Waals surface area contributed by atoms with Crippen LogP contribution in [0.4, 0.5) is 5.69 Å². The van der Waals surface area contributed by atoms with Gasteiger partial charge in [-0.2, -0.15) is 5.10 Å². The van der Waals surface area contributed by atoms with E-state index in [1.54, 1.807) is 35.4 Å². The second kappa shape index (κ2) is 5.88. The topological polar surface area (TPSA) is 85.6 Å². The Balaban J connectivity index is 1.54. The van der Waals surface area contributed by atoms with Gasteiger partial charge in [-0.1, -0.05) is 12.1 Å². The lowest BCUT2D eigenvalue weighted by Gasteiger charge is -2.06. The number of fused-ring (bicyclic) bond motifs is 1. The molecule has 7 nitrogen and oxygen atoms in total. The molecule has 3 heterocycles. The summed E-state index contributed by atoms with van der Waals surface area (Å²) in [6, 6.07) is 12.8. The Morgan fingerprint density at radius 3 is 2.58 bits per heavy atom. The van der Waals surface area contributed by atoms with Crippen LogP contribution < -0.4 is 5.32 Å². The molecule has 0 unspecified atom stereocenters. The van der Waals surface area contributed by atoms with Crippen LogP contribution in [0.15, 0.2) is 67.3 Å². The Morgan fingerprint density at radius 2 is 1.83 bits per heavy atom. The summed E-state index contributed by atoms with van der Waals surface area (Å²) in [5.74, 6) is 0.338. The molecular weight excluding hydrogens is 304 g/mol. The number of nitrogens with one attached hydrogen (secondary N) is 1. The molecule has 1 N–H and O–H groups in total. The predicted molar refractivity (Wildman–Crippen MR) is 88.9 cm³/mol. The van der Waals surface area contributed by atoms with Crippen molar-refractivity contribution in [2.45, 2.75) is 0 Å². The molecule has 0 saturated heterocycles. The number of hydrogen-bond acceptors (Lipinski definition) is 5. The van der Waals surface area contributed by atoms with Crippen molar-refractivity contribution in [3.8, 4) is 5.82 Å². The molecule has 4 aromatic rings. The molecule has 0 radical (unpaired) electrons. The van der Waals surface area contributed by atoms with Gasteiger partial charge in [-0.3, -0.25) is 9.78 Å². The maximum Gasteiger partial charge on any atom is 0.275 e. The zero-order valence-corrected chi connectivity index (χ0v) is 12.5. The molecule has 116 valence electrons. The molecule has 0 spiro atoms. The normalized spacial score (nSPS) is 10.7. The summed E-state index contributed by atoms with van der Waals surface area (Å²) in [7, 11) is 0. The van der Waals surface area contributed by atoms with Gasteiger partial charge in [0.05, 0.1) is 29.1 Å². The van der Waals surface area contributed by atoms with Crippen LogP contribution >= 0.6 is 0 Å². The van der Waals surface area contributed by atoms with Crippen LogP contribution in [-0.2, 0) is 0 Å². The van der Waals surface area contributed by atoms with Crippen molar-refractivity contribution in [3.05, 3.63) is 72.9 Å². The average molecular weight is 316 g/mol. The van der Waals surface area contributed by atoms with Crippen molar-refractivity contribution in [3.63, 3.8) is 0 Å². The van der Waals surface area contributed by atoms with Crippen molar-refractivity contribution in [1.29, 1.82) is 0 Å². The van der Waals surface area contributed by atoms with Crippen LogP contribution in [0.5, 0.6) is 0 Å². The third-order valence-corrected chi connectivity index (χ3v) is 3.43. The molecule has 3 aromatic heterocycles. The van der Waals surface area contributed by atoms with Crippen LogP contribution in [0.2, 0.25) is 0 Å². The minimum absolute atomic E-state index is 0.254. The molecule has 7 heteroatoms. The van der Waals surface area contributed by atoms with Crippen LogP contribution in [0.1, 0.15) is 10.5 Å². The molecular formula is C17H12N6O. The van der Waals surface area contributed by atoms with E-state index in [2.05, 4.69) is 25.4 Å². The van der Waals surface area contributed by atoms with Gasteiger partial charge in [0.1, 0.15) is 5.69 Å². The van der Waals surface area contributed by atoms with Gasteiger partial charge in [0, 0.05) is 12.4 Å². The Hall–Kier alpha value is -3.61. The molecule has 4 rings (SSSR count). The number of amides is 1. The van der Waals surface area contributed by atoms with Crippen molar-refractivity contribution >= 4 is 22.6 Å². The number of nitrogens with zero attached hydrogens (tertiary/aromatic N) is 5. The van der Waals surface area contributed by atoms with Gasteiger partial charge in [-0.25, -0.2) is 14.6 Å². The smallest absolute Gasteiger partial charge is 0.275 e. The molecule has 24 heavy (non-hydrogen) atoms. The lowest BCUT2D eigenvalue weighted by molar-refractivity contribution is 0.102. The van der Waals surface area contributed by atoms with Crippen LogP contribution in [-0.4, -0.2) is 30.6 Å². The number of hydrogen-bond donors (Lipinski definition) is 1. The molecule has 0 aliphatic carbocycles. The summed E-state index contributed by atoms with van der Waals surface area (Å²) in [6.45, 7) is 0. The number of para-hydroxylation sites is 2. The average Bonchev–Trinajstić information content (AvgIpc) is 3.16. The lowest BCUT2D eigenvalue weighted by Crippen LogP contribution is -2.14. The van der Waals surface area contributed by atoms with Gasteiger partial charge in [-0.15, -0.1) is 0 Å². The van der Waals surface area contributed by atoms with E-state index in [0.29, 0.717) is 17.0 Å². The molecule has 0 aliphatic rings. The molecule has 0 fully saturated rings. The number of pyridine rings is 1. The minimum atomic E-state index is -0.332. The highest BCUT2D eigenvalue weighted by atomic mass is 16.1. The van der Waals surface area contributed by atoms with Gasteiger partial charge in [0.2, 0.25) is 0 Å². The van der Waals surface area contributed by atoms with Crippen molar-refractivity contribution in [1.82, 2.24) is 24.7 Å². The first kappa shape index (κ1) is 14.0. The first-order valence-corrected chi connectivity index (χ1v) is 7.29. The molecule has 1 amide bonds. The summed E-state index contributed by atoms with van der Waals surface area (Å²) in [4.78, 5) is 25.1. The molecule has 0 aliphatic heterocycles. The van der Waals surface area contributed by atoms with Gasteiger partial charge in [-0.05, 0) is 30.3 Å². The van der Waals surface area contributed by atoms with Gasteiger partial charge in [0.25, 0.3) is 5.91 Å². The largest absolute Gasteiger partial charge is 0.319 e. The number of benzene rings is 1. The number of anilines is 1. The standard InChI is InChI=1S/C17H12N6O/c24-17(15-11-18-13-4-1-2-5-14(13)22-15)21-12-6-7-16(19-10-12)23-9-3-8-20-23/h1-11H,(H,21,24). The first-order valence-electron chi connectivity index (χ1n) is 7.29. The highest BCUT2D eigenvalue weighted by molar-refractivity contribution is 6.03. The highest BCUT2D eigenvalue weighted by Gasteiger charge is 2.10. The van der Waals surface area contributed by atoms with E-state index in [1.807, 2.05) is 30.3 Å². The number of carbonyl (C=O) groups excluding carboxylic acids is 1. The third kappa shape index (κ3) is 2.70. The fourth-order valence-corrected chi connectivity index (χ4v) is 2.26. The van der Waals surface area contributed by atoms with Gasteiger partial charge in [0.15, 0.2) is 5.82 Å². The monoisotopic (exact) mass is 316 g/mol.